The fourth-order valence-electron chi connectivity index (χ4n) is 2.77. The maximum atomic E-state index is 12.6. The molecule has 18 heavy (non-hydrogen) atoms. The van der Waals surface area contributed by atoms with Gasteiger partial charge < -0.3 is 15.4 Å². The molecule has 1 rings (SSSR count). The van der Waals surface area contributed by atoms with Crippen molar-refractivity contribution in [2.45, 2.75) is 52.1 Å². The standard InChI is InChI=1S/C14H28N2O2/c1-10(2)16(8-9-18-4)14(17)12-6-5-7-13(15)11(12)3/h10-13H,5-9,15H2,1-4H3. The number of rotatable bonds is 5. The quantitative estimate of drug-likeness (QED) is 0.813. The van der Waals surface area contributed by atoms with E-state index in [0.29, 0.717) is 13.2 Å². The number of carbonyl (C=O) groups excluding carboxylic acids is 1. The molecule has 1 aliphatic carbocycles. The molecular formula is C14H28N2O2. The highest BCUT2D eigenvalue weighted by Gasteiger charge is 2.35. The third kappa shape index (κ3) is 3.69. The van der Waals surface area contributed by atoms with Gasteiger partial charge in [0.1, 0.15) is 0 Å². The van der Waals surface area contributed by atoms with Crippen LogP contribution in [0.1, 0.15) is 40.0 Å². The van der Waals surface area contributed by atoms with Crippen LogP contribution >= 0.6 is 0 Å². The van der Waals surface area contributed by atoms with Crippen molar-refractivity contribution >= 4 is 5.91 Å². The monoisotopic (exact) mass is 256 g/mol. The van der Waals surface area contributed by atoms with Crippen molar-refractivity contribution in [1.82, 2.24) is 4.90 Å². The van der Waals surface area contributed by atoms with Crippen molar-refractivity contribution in [2.24, 2.45) is 17.6 Å². The van der Waals surface area contributed by atoms with E-state index in [-0.39, 0.29) is 29.8 Å². The second kappa shape index (κ2) is 7.10. The molecule has 0 aromatic heterocycles. The average molecular weight is 256 g/mol. The van der Waals surface area contributed by atoms with Gasteiger partial charge in [-0.25, -0.2) is 0 Å². The fourth-order valence-corrected chi connectivity index (χ4v) is 2.77. The van der Waals surface area contributed by atoms with Gasteiger partial charge in [0.2, 0.25) is 5.91 Å². The van der Waals surface area contributed by atoms with Gasteiger partial charge in [0.05, 0.1) is 6.61 Å². The topological polar surface area (TPSA) is 55.6 Å². The zero-order valence-electron chi connectivity index (χ0n) is 12.2. The van der Waals surface area contributed by atoms with Crippen LogP contribution in [0.4, 0.5) is 0 Å². The van der Waals surface area contributed by atoms with Gasteiger partial charge >= 0.3 is 0 Å². The first-order valence-corrected chi connectivity index (χ1v) is 7.04. The fraction of sp³-hybridized carbons (Fsp3) is 0.929. The van der Waals surface area contributed by atoms with E-state index in [1.165, 1.54) is 0 Å². The van der Waals surface area contributed by atoms with Crippen LogP contribution in [0.15, 0.2) is 0 Å². The Kier molecular flexibility index (Phi) is 6.09. The molecular weight excluding hydrogens is 228 g/mol. The van der Waals surface area contributed by atoms with E-state index < -0.39 is 0 Å². The van der Waals surface area contributed by atoms with Crippen molar-refractivity contribution < 1.29 is 9.53 Å². The molecule has 0 aromatic carbocycles. The van der Waals surface area contributed by atoms with Gasteiger partial charge in [-0.15, -0.1) is 0 Å². The third-order valence-corrected chi connectivity index (χ3v) is 4.12. The number of nitrogens with zero attached hydrogens (tertiary/aromatic N) is 1. The predicted octanol–water partition coefficient (Wildman–Crippen LogP) is 1.63. The Hall–Kier alpha value is -0.610. The van der Waals surface area contributed by atoms with Gasteiger partial charge in [-0.05, 0) is 32.6 Å². The van der Waals surface area contributed by atoms with Gasteiger partial charge in [0, 0.05) is 31.7 Å². The zero-order chi connectivity index (χ0) is 13.7. The van der Waals surface area contributed by atoms with Gasteiger partial charge in [-0.2, -0.15) is 0 Å². The largest absolute Gasteiger partial charge is 0.383 e. The van der Waals surface area contributed by atoms with Gasteiger partial charge in [-0.3, -0.25) is 4.79 Å². The van der Waals surface area contributed by atoms with Crippen LogP contribution in [0.2, 0.25) is 0 Å². The van der Waals surface area contributed by atoms with Crippen LogP contribution in [-0.2, 0) is 9.53 Å². The molecule has 0 saturated heterocycles. The Morgan fingerprint density at radius 3 is 2.67 bits per heavy atom. The maximum Gasteiger partial charge on any atom is 0.226 e. The number of amides is 1. The number of nitrogens with two attached hydrogens (primary N) is 1. The molecule has 0 spiro atoms. The van der Waals surface area contributed by atoms with Crippen molar-refractivity contribution in [2.75, 3.05) is 20.3 Å². The molecule has 0 aliphatic heterocycles. The molecule has 0 radical (unpaired) electrons. The van der Waals surface area contributed by atoms with E-state index in [2.05, 4.69) is 20.8 Å². The third-order valence-electron chi connectivity index (χ3n) is 4.12. The summed E-state index contributed by atoms with van der Waals surface area (Å²) in [5.41, 5.74) is 6.09. The van der Waals surface area contributed by atoms with Crippen molar-refractivity contribution in [1.29, 1.82) is 0 Å². The molecule has 106 valence electrons. The van der Waals surface area contributed by atoms with E-state index in [4.69, 9.17) is 10.5 Å². The van der Waals surface area contributed by atoms with Gasteiger partial charge in [-0.1, -0.05) is 13.3 Å². The molecule has 4 nitrogen and oxygen atoms in total. The number of hydrogen-bond donors (Lipinski definition) is 1. The first-order valence-electron chi connectivity index (χ1n) is 7.04. The SMILES string of the molecule is COCCN(C(=O)C1CCCC(N)C1C)C(C)C. The highest BCUT2D eigenvalue weighted by atomic mass is 16.5. The Balaban J connectivity index is 2.69. The summed E-state index contributed by atoms with van der Waals surface area (Å²) >= 11 is 0. The number of hydrogen-bond acceptors (Lipinski definition) is 3. The molecule has 0 heterocycles. The summed E-state index contributed by atoms with van der Waals surface area (Å²) < 4.78 is 5.09. The maximum absolute atomic E-state index is 12.6. The van der Waals surface area contributed by atoms with E-state index in [9.17, 15) is 4.79 Å². The molecule has 3 unspecified atom stereocenters. The minimum Gasteiger partial charge on any atom is -0.383 e. The van der Waals surface area contributed by atoms with Gasteiger partial charge in [0.15, 0.2) is 0 Å². The molecule has 1 amide bonds. The summed E-state index contributed by atoms with van der Waals surface area (Å²) in [6.45, 7) is 7.49. The summed E-state index contributed by atoms with van der Waals surface area (Å²) in [7, 11) is 1.67. The van der Waals surface area contributed by atoms with Crippen LogP contribution in [-0.4, -0.2) is 43.2 Å². The Labute approximate surface area is 111 Å². The Morgan fingerprint density at radius 2 is 2.11 bits per heavy atom. The van der Waals surface area contributed by atoms with Crippen molar-refractivity contribution in [3.63, 3.8) is 0 Å². The Bertz CT molecular complexity index is 269. The molecule has 0 aromatic rings. The summed E-state index contributed by atoms with van der Waals surface area (Å²) in [4.78, 5) is 14.5. The normalized spacial score (nSPS) is 28.4. The number of methoxy groups -OCH3 is 1. The van der Waals surface area contributed by atoms with Crippen LogP contribution < -0.4 is 5.73 Å². The lowest BCUT2D eigenvalue weighted by atomic mass is 9.76. The summed E-state index contributed by atoms with van der Waals surface area (Å²) in [6.07, 6.45) is 3.09. The van der Waals surface area contributed by atoms with Crippen molar-refractivity contribution in [3.05, 3.63) is 0 Å². The summed E-state index contributed by atoms with van der Waals surface area (Å²) in [5, 5.41) is 0. The lowest BCUT2D eigenvalue weighted by molar-refractivity contribution is -0.141. The second-order valence-corrected chi connectivity index (χ2v) is 5.68. The molecule has 0 bridgehead atoms. The number of ether oxygens (including phenoxy) is 1. The molecule has 3 atom stereocenters. The summed E-state index contributed by atoms with van der Waals surface area (Å²) in [6, 6.07) is 0.391. The lowest BCUT2D eigenvalue weighted by Gasteiger charge is -2.37. The van der Waals surface area contributed by atoms with Crippen LogP contribution in [0.5, 0.6) is 0 Å². The van der Waals surface area contributed by atoms with Crippen LogP contribution in [0, 0.1) is 11.8 Å². The van der Waals surface area contributed by atoms with E-state index in [0.717, 1.165) is 19.3 Å². The first-order chi connectivity index (χ1) is 8.49. The predicted molar refractivity (Wildman–Crippen MR) is 73.2 cm³/mol. The highest BCUT2D eigenvalue weighted by Crippen LogP contribution is 2.30. The van der Waals surface area contributed by atoms with Gasteiger partial charge in [0.25, 0.3) is 0 Å². The molecule has 1 fully saturated rings. The second-order valence-electron chi connectivity index (χ2n) is 5.68. The molecule has 2 N–H and O–H groups in total. The molecule has 1 saturated carbocycles. The lowest BCUT2D eigenvalue weighted by Crippen LogP contribution is -2.48. The number of carbonyl (C=O) groups is 1. The van der Waals surface area contributed by atoms with Crippen LogP contribution in [0.3, 0.4) is 0 Å². The van der Waals surface area contributed by atoms with E-state index >= 15 is 0 Å². The van der Waals surface area contributed by atoms with Crippen molar-refractivity contribution in [3.8, 4) is 0 Å². The molecule has 4 heteroatoms. The van der Waals surface area contributed by atoms with E-state index in [1.54, 1.807) is 7.11 Å². The highest BCUT2D eigenvalue weighted by molar-refractivity contribution is 5.79. The minimum atomic E-state index is 0.0907. The first kappa shape index (κ1) is 15.4. The molecule has 1 aliphatic rings. The minimum absolute atomic E-state index is 0.0907. The average Bonchev–Trinajstić information content (AvgIpc) is 2.32. The Morgan fingerprint density at radius 1 is 1.44 bits per heavy atom. The zero-order valence-corrected chi connectivity index (χ0v) is 12.2. The van der Waals surface area contributed by atoms with Crippen LogP contribution in [0.25, 0.3) is 0 Å². The van der Waals surface area contributed by atoms with E-state index in [1.807, 2.05) is 4.90 Å². The smallest absolute Gasteiger partial charge is 0.226 e. The summed E-state index contributed by atoms with van der Waals surface area (Å²) in [5.74, 6) is 0.632.